The Balaban J connectivity index is 0.923. The molecule has 2 aromatic heterocycles. The number of hydrogen-bond acceptors (Lipinski definition) is 13. The van der Waals surface area contributed by atoms with Crippen LogP contribution in [0.5, 0.6) is 5.88 Å². The number of nitrogens with one attached hydrogen (secondary N) is 2. The summed E-state index contributed by atoms with van der Waals surface area (Å²) >= 11 is 7.00. The first kappa shape index (κ1) is 53.5. The average molecular weight is 1020 g/mol. The van der Waals surface area contributed by atoms with Crippen LogP contribution in [0.2, 0.25) is 0 Å². The van der Waals surface area contributed by atoms with Crippen LogP contribution in [0.3, 0.4) is 0 Å². The fraction of sp³-hybridized carbons (Fsp3) is 0.468. The smallest absolute Gasteiger partial charge is 0.420 e. The minimum absolute atomic E-state index is 0.0103. The predicted molar refractivity (Wildman–Crippen MR) is 251 cm³/mol. The van der Waals surface area contributed by atoms with Gasteiger partial charge in [0.2, 0.25) is 17.7 Å². The normalized spacial score (nSPS) is 18.5. The number of thiazole rings is 1. The Kier molecular flexibility index (Phi) is 16.8. The average Bonchev–Trinajstić information content (AvgIpc) is 3.96. The number of amides is 3. The van der Waals surface area contributed by atoms with Gasteiger partial charge in [-0.3, -0.25) is 19.3 Å². The Hall–Kier alpha value is -5.90. The molecule has 4 aromatic rings. The zero-order valence-corrected chi connectivity index (χ0v) is 40.7. The Morgan fingerprint density at radius 1 is 1.03 bits per heavy atom. The van der Waals surface area contributed by atoms with Crippen molar-refractivity contribution >= 4 is 57.8 Å². The number of alkyl halides is 3. The van der Waals surface area contributed by atoms with Crippen LogP contribution in [-0.2, 0) is 36.6 Å². The number of halogens is 5. The van der Waals surface area contributed by atoms with E-state index in [1.165, 1.54) is 35.9 Å². The lowest BCUT2D eigenvalue weighted by atomic mass is 9.85. The number of aromatic nitrogens is 2. The number of pyridine rings is 1. The van der Waals surface area contributed by atoms with E-state index in [9.17, 15) is 37.8 Å². The summed E-state index contributed by atoms with van der Waals surface area (Å²) in [6.07, 6.45) is -6.38. The highest BCUT2D eigenvalue weighted by Crippen LogP contribution is 2.43. The second kappa shape index (κ2) is 22.0. The quantitative estimate of drug-likeness (QED) is 0.0514. The van der Waals surface area contributed by atoms with Crippen molar-refractivity contribution in [3.8, 4) is 22.4 Å². The van der Waals surface area contributed by atoms with E-state index in [2.05, 4.69) is 20.6 Å². The van der Waals surface area contributed by atoms with E-state index >= 15 is 8.78 Å². The van der Waals surface area contributed by atoms with E-state index in [0.29, 0.717) is 0 Å². The largest absolute Gasteiger partial charge is 0.476 e. The molecule has 4 heterocycles. The number of thiocarbonyl (C=S) groups is 1. The van der Waals surface area contributed by atoms with Gasteiger partial charge in [0.15, 0.2) is 23.0 Å². The van der Waals surface area contributed by atoms with Crippen LogP contribution >= 0.6 is 23.6 Å². The zero-order valence-electron chi connectivity index (χ0n) is 39.1. The van der Waals surface area contributed by atoms with Crippen molar-refractivity contribution < 1.29 is 60.8 Å². The molecule has 0 aliphatic carbocycles. The number of nitrogens with zero attached hydrogens (tertiary/aromatic N) is 6. The first-order valence-corrected chi connectivity index (χ1v) is 23.3. The third-order valence-electron chi connectivity index (χ3n) is 11.7. The first-order valence-electron chi connectivity index (χ1n) is 22.1. The monoisotopic (exact) mass is 1020 g/mol. The van der Waals surface area contributed by atoms with Crippen LogP contribution < -0.4 is 25.2 Å². The summed E-state index contributed by atoms with van der Waals surface area (Å²) in [5.74, 6) is -4.66. The number of aryl methyl sites for hydroxylation is 1. The van der Waals surface area contributed by atoms with Crippen molar-refractivity contribution in [1.29, 1.82) is 5.26 Å². The van der Waals surface area contributed by atoms with Gasteiger partial charge in [-0.05, 0) is 61.7 Å². The molecule has 70 heavy (non-hydrogen) atoms. The molecule has 4 atom stereocenters. The van der Waals surface area contributed by atoms with Crippen LogP contribution in [0.4, 0.5) is 33.3 Å². The summed E-state index contributed by atoms with van der Waals surface area (Å²) in [6, 6.07) is 9.70. The molecule has 6 rings (SSSR count). The molecule has 16 nitrogen and oxygen atoms in total. The molecule has 0 spiro atoms. The number of ether oxygens (including phenoxy) is 3. The van der Waals surface area contributed by atoms with E-state index in [1.54, 1.807) is 37.6 Å². The Morgan fingerprint density at radius 3 is 2.36 bits per heavy atom. The van der Waals surface area contributed by atoms with Gasteiger partial charge >= 0.3 is 6.18 Å². The van der Waals surface area contributed by atoms with Gasteiger partial charge in [-0.15, -0.1) is 11.3 Å². The molecule has 3 amide bonds. The number of nitriles is 1. The lowest BCUT2D eigenvalue weighted by molar-refractivity contribution is -0.144. The number of rotatable bonds is 18. The maximum absolute atomic E-state index is 15.4. The molecule has 0 bridgehead atoms. The van der Waals surface area contributed by atoms with Gasteiger partial charge in [-0.25, -0.2) is 18.7 Å². The van der Waals surface area contributed by atoms with E-state index in [0.717, 1.165) is 44.8 Å². The lowest BCUT2D eigenvalue weighted by Crippen LogP contribution is -2.58. The standard InChI is InChI=1S/C47H53F5N8O8S2/c1-26-38(70-25-56-26)28-10-8-27(9-11-28)21-54-40(63)34-19-31(61)23-58(34)42(64)39(45(2,3)4)57-35(62)24-67-17-16-66-14-7-15-68-41-32(48)18-30(22-55-41)60-44(69)59(43(65)46(60,5)6)33-13-12-29(20-53)36(37(33)49)47(50,51)52/h8-13,18,22,25,31,34,39,43,61,65H,7,14-17,19,21,23-24H2,1-6H3,(H,54,63)(H,57,62)/t31-,34+,39-,43?/m1/s1. The zero-order chi connectivity index (χ0) is 51.3. The number of aliphatic hydroxyl groups is 2. The molecular formula is C47H53F5N8O8S2. The van der Waals surface area contributed by atoms with Crippen molar-refractivity contribution in [1.82, 2.24) is 25.5 Å². The second-order valence-electron chi connectivity index (χ2n) is 18.2. The molecule has 2 aromatic carbocycles. The van der Waals surface area contributed by atoms with Crippen molar-refractivity contribution in [2.75, 3.05) is 49.4 Å². The minimum atomic E-state index is -5.23. The van der Waals surface area contributed by atoms with Gasteiger partial charge in [0.25, 0.3) is 5.88 Å². The van der Waals surface area contributed by atoms with E-state index in [1.807, 2.05) is 31.2 Å². The maximum atomic E-state index is 15.4. The van der Waals surface area contributed by atoms with Gasteiger partial charge < -0.3 is 44.9 Å². The van der Waals surface area contributed by atoms with E-state index in [4.69, 9.17) is 31.7 Å². The minimum Gasteiger partial charge on any atom is -0.476 e. The summed E-state index contributed by atoms with van der Waals surface area (Å²) in [4.78, 5) is 53.0. The number of β-amino-alcohol motifs (C(OH)–C–C–N with tert-alkyl or cyclic N) is 1. The van der Waals surface area contributed by atoms with Crippen LogP contribution in [0.25, 0.3) is 10.4 Å². The highest BCUT2D eigenvalue weighted by Gasteiger charge is 2.52. The Bertz CT molecular complexity index is 2610. The van der Waals surface area contributed by atoms with Crippen molar-refractivity contribution in [3.05, 3.63) is 88.2 Å². The summed E-state index contributed by atoms with van der Waals surface area (Å²) in [5, 5.41) is 36.1. The van der Waals surface area contributed by atoms with E-state index < -0.39 is 100 Å². The van der Waals surface area contributed by atoms with Crippen LogP contribution in [0.15, 0.2) is 54.2 Å². The van der Waals surface area contributed by atoms with E-state index in [-0.39, 0.29) is 63.2 Å². The van der Waals surface area contributed by atoms with Gasteiger partial charge in [0, 0.05) is 38.6 Å². The molecule has 2 aliphatic rings. The lowest BCUT2D eigenvalue weighted by Gasteiger charge is -2.35. The summed E-state index contributed by atoms with van der Waals surface area (Å²) < 4.78 is 88.4. The third kappa shape index (κ3) is 12.0. The second-order valence-corrected chi connectivity index (χ2v) is 19.5. The predicted octanol–water partition coefficient (Wildman–Crippen LogP) is 6.00. The summed E-state index contributed by atoms with van der Waals surface area (Å²) in [6.45, 7) is 10.1. The number of hydrogen-bond donors (Lipinski definition) is 4. The van der Waals surface area contributed by atoms with Crippen molar-refractivity contribution in [3.63, 3.8) is 0 Å². The molecule has 2 saturated heterocycles. The molecule has 4 N–H and O–H groups in total. The van der Waals surface area contributed by atoms with Gasteiger partial charge in [-0.2, -0.15) is 18.4 Å². The molecular weight excluding hydrogens is 964 g/mol. The fourth-order valence-electron chi connectivity index (χ4n) is 8.03. The molecule has 0 radical (unpaired) electrons. The molecule has 376 valence electrons. The molecule has 0 saturated carbocycles. The SMILES string of the molecule is Cc1ncsc1-c1ccc(CNC(=O)[C@@H]2C[C@@H](O)CN2C(=O)[C@@H](NC(=O)COCCOCCCOc2ncc(N3C(=S)N(c4ccc(C#N)c(C(F)(F)F)c4F)C(O)C3(C)C)cc2F)C(C)(C)C)cc1. The number of benzene rings is 2. The number of carbonyl (C=O) groups excluding carboxylic acids is 3. The number of carbonyl (C=O) groups is 3. The first-order chi connectivity index (χ1) is 32.9. The number of likely N-dealkylation sites (tertiary alicyclic amines) is 1. The number of anilines is 2. The van der Waals surface area contributed by atoms with Gasteiger partial charge in [0.1, 0.15) is 24.3 Å². The van der Waals surface area contributed by atoms with Crippen LogP contribution in [-0.4, -0.2) is 117 Å². The molecule has 2 aliphatic heterocycles. The highest BCUT2D eigenvalue weighted by molar-refractivity contribution is 7.80. The Morgan fingerprint density at radius 2 is 1.73 bits per heavy atom. The molecule has 1 unspecified atom stereocenters. The van der Waals surface area contributed by atoms with Crippen LogP contribution in [0.1, 0.15) is 69.8 Å². The maximum Gasteiger partial charge on any atom is 0.420 e. The van der Waals surface area contributed by atoms with Crippen molar-refractivity contribution in [2.45, 2.75) is 97.1 Å². The highest BCUT2D eigenvalue weighted by atomic mass is 32.1. The summed E-state index contributed by atoms with van der Waals surface area (Å²) in [5.41, 5.74) is -1.15. The topological polar surface area (TPSA) is 203 Å². The third-order valence-corrected chi connectivity index (χ3v) is 13.0. The molecule has 2 fully saturated rings. The van der Waals surface area contributed by atoms with Gasteiger partial charge in [0.05, 0.1) is 76.7 Å². The summed E-state index contributed by atoms with van der Waals surface area (Å²) in [7, 11) is 0. The fourth-order valence-corrected chi connectivity index (χ4v) is 9.38. The Labute approximate surface area is 410 Å². The van der Waals surface area contributed by atoms with Gasteiger partial charge in [-0.1, -0.05) is 45.0 Å². The molecule has 23 heteroatoms. The van der Waals surface area contributed by atoms with Crippen LogP contribution in [0, 0.1) is 35.3 Å². The van der Waals surface area contributed by atoms with Crippen molar-refractivity contribution in [2.24, 2.45) is 5.41 Å². The number of aliphatic hydroxyl groups excluding tert-OH is 2.